The van der Waals surface area contributed by atoms with E-state index in [9.17, 15) is 0 Å². The Balaban J connectivity index is 2.08. The number of hydrogen-bond donors (Lipinski definition) is 1. The Bertz CT molecular complexity index is 441. The number of ether oxygens (including phenoxy) is 1. The molecule has 0 bridgehead atoms. The monoisotopic (exact) mass is 275 g/mol. The molecule has 1 N–H and O–H groups in total. The maximum absolute atomic E-state index is 6.24. The molecule has 1 saturated carbocycles. The summed E-state index contributed by atoms with van der Waals surface area (Å²) >= 11 is 0. The molecule has 1 aromatic carbocycles. The molecule has 0 aromatic heterocycles. The summed E-state index contributed by atoms with van der Waals surface area (Å²) in [6.45, 7) is 12.2. The van der Waals surface area contributed by atoms with Crippen molar-refractivity contribution in [3.63, 3.8) is 0 Å². The third-order valence-electron chi connectivity index (χ3n) is 4.14. The largest absolute Gasteiger partial charge is 0.490 e. The summed E-state index contributed by atoms with van der Waals surface area (Å²) < 4.78 is 6.24. The molecule has 1 aliphatic rings. The minimum absolute atomic E-state index is 0.130. The van der Waals surface area contributed by atoms with Crippen molar-refractivity contribution >= 4 is 0 Å². The van der Waals surface area contributed by atoms with Gasteiger partial charge in [-0.05, 0) is 48.4 Å². The Morgan fingerprint density at radius 3 is 2.45 bits per heavy atom. The SMILES string of the molecule is CCNC1CC(Oc2ccc(CC)cc2C(C)(C)C)C1. The van der Waals surface area contributed by atoms with Crippen LogP contribution in [0.25, 0.3) is 0 Å². The number of benzene rings is 1. The first-order valence-electron chi connectivity index (χ1n) is 7.97. The Kier molecular flexibility index (Phi) is 4.74. The molecular weight excluding hydrogens is 246 g/mol. The van der Waals surface area contributed by atoms with Gasteiger partial charge in [-0.3, -0.25) is 0 Å². The number of hydrogen-bond acceptors (Lipinski definition) is 2. The molecule has 2 rings (SSSR count). The third kappa shape index (κ3) is 3.54. The summed E-state index contributed by atoms with van der Waals surface area (Å²) in [4.78, 5) is 0. The number of aryl methyl sites for hydroxylation is 1. The van der Waals surface area contributed by atoms with Crippen LogP contribution < -0.4 is 10.1 Å². The molecule has 0 atom stereocenters. The van der Waals surface area contributed by atoms with Crippen molar-refractivity contribution in [3.05, 3.63) is 29.3 Å². The molecule has 1 fully saturated rings. The van der Waals surface area contributed by atoms with Crippen LogP contribution in [0.3, 0.4) is 0 Å². The molecular formula is C18H29NO. The third-order valence-corrected chi connectivity index (χ3v) is 4.14. The first kappa shape index (κ1) is 15.4. The van der Waals surface area contributed by atoms with Gasteiger partial charge in [-0.2, -0.15) is 0 Å². The fraction of sp³-hybridized carbons (Fsp3) is 0.667. The maximum atomic E-state index is 6.24. The van der Waals surface area contributed by atoms with E-state index in [0.29, 0.717) is 12.1 Å². The first-order chi connectivity index (χ1) is 9.44. The summed E-state index contributed by atoms with van der Waals surface area (Å²) in [5, 5.41) is 3.48. The average Bonchev–Trinajstić information content (AvgIpc) is 2.35. The van der Waals surface area contributed by atoms with Crippen LogP contribution in [0.5, 0.6) is 5.75 Å². The van der Waals surface area contributed by atoms with Crippen LogP contribution in [0.2, 0.25) is 0 Å². The van der Waals surface area contributed by atoms with E-state index >= 15 is 0 Å². The van der Waals surface area contributed by atoms with Crippen molar-refractivity contribution in [2.24, 2.45) is 0 Å². The molecule has 0 radical (unpaired) electrons. The lowest BCUT2D eigenvalue weighted by Crippen LogP contribution is -2.46. The van der Waals surface area contributed by atoms with Crippen molar-refractivity contribution < 1.29 is 4.74 Å². The maximum Gasteiger partial charge on any atom is 0.123 e. The fourth-order valence-electron chi connectivity index (χ4n) is 2.78. The molecule has 1 aliphatic carbocycles. The van der Waals surface area contributed by atoms with E-state index < -0.39 is 0 Å². The topological polar surface area (TPSA) is 21.3 Å². The molecule has 2 nitrogen and oxygen atoms in total. The lowest BCUT2D eigenvalue weighted by molar-refractivity contribution is 0.0840. The molecule has 0 amide bonds. The summed E-state index contributed by atoms with van der Waals surface area (Å²) in [6.07, 6.45) is 3.72. The summed E-state index contributed by atoms with van der Waals surface area (Å²) in [7, 11) is 0. The number of nitrogens with one attached hydrogen (secondary N) is 1. The van der Waals surface area contributed by atoms with Gasteiger partial charge >= 0.3 is 0 Å². The molecule has 0 aliphatic heterocycles. The number of rotatable bonds is 5. The minimum Gasteiger partial charge on any atom is -0.490 e. The second-order valence-corrected chi connectivity index (χ2v) is 6.90. The van der Waals surface area contributed by atoms with E-state index in [-0.39, 0.29) is 5.41 Å². The molecule has 1 aromatic rings. The highest BCUT2D eigenvalue weighted by molar-refractivity contribution is 5.42. The van der Waals surface area contributed by atoms with Crippen molar-refractivity contribution in [1.82, 2.24) is 5.32 Å². The second kappa shape index (κ2) is 6.17. The van der Waals surface area contributed by atoms with Gasteiger partial charge in [-0.15, -0.1) is 0 Å². The standard InChI is InChI=1S/C18H29NO/c1-6-13-8-9-17(16(10-13)18(3,4)5)20-15-11-14(12-15)19-7-2/h8-10,14-15,19H,6-7,11-12H2,1-5H3. The van der Waals surface area contributed by atoms with E-state index in [1.54, 1.807) is 0 Å². The van der Waals surface area contributed by atoms with Crippen LogP contribution in [-0.2, 0) is 11.8 Å². The Hall–Kier alpha value is -1.02. The van der Waals surface area contributed by atoms with Crippen LogP contribution in [-0.4, -0.2) is 18.7 Å². The summed E-state index contributed by atoms with van der Waals surface area (Å²) in [5.74, 6) is 1.08. The van der Waals surface area contributed by atoms with Gasteiger partial charge in [0.05, 0.1) is 0 Å². The zero-order chi connectivity index (χ0) is 14.8. The highest BCUT2D eigenvalue weighted by Crippen LogP contribution is 2.35. The highest BCUT2D eigenvalue weighted by atomic mass is 16.5. The zero-order valence-electron chi connectivity index (χ0n) is 13.6. The van der Waals surface area contributed by atoms with Gasteiger partial charge < -0.3 is 10.1 Å². The average molecular weight is 275 g/mol. The van der Waals surface area contributed by atoms with Gasteiger partial charge in [0.1, 0.15) is 11.9 Å². The van der Waals surface area contributed by atoms with Crippen LogP contribution in [0.4, 0.5) is 0 Å². The lowest BCUT2D eigenvalue weighted by Gasteiger charge is -2.37. The van der Waals surface area contributed by atoms with Crippen LogP contribution in [0.15, 0.2) is 18.2 Å². The van der Waals surface area contributed by atoms with Gasteiger partial charge in [-0.1, -0.05) is 46.8 Å². The van der Waals surface area contributed by atoms with E-state index in [4.69, 9.17) is 4.74 Å². The second-order valence-electron chi connectivity index (χ2n) is 6.90. The first-order valence-corrected chi connectivity index (χ1v) is 7.97. The highest BCUT2D eigenvalue weighted by Gasteiger charge is 2.31. The minimum atomic E-state index is 0.130. The van der Waals surface area contributed by atoms with Gasteiger partial charge in [0.2, 0.25) is 0 Å². The van der Waals surface area contributed by atoms with Crippen molar-refractivity contribution in [1.29, 1.82) is 0 Å². The molecule has 20 heavy (non-hydrogen) atoms. The quantitative estimate of drug-likeness (QED) is 0.874. The van der Waals surface area contributed by atoms with Crippen molar-refractivity contribution in [3.8, 4) is 5.75 Å². The molecule has 2 heteroatoms. The van der Waals surface area contributed by atoms with Crippen molar-refractivity contribution in [2.75, 3.05) is 6.54 Å². The fourth-order valence-corrected chi connectivity index (χ4v) is 2.78. The Morgan fingerprint density at radius 1 is 1.20 bits per heavy atom. The molecule has 0 unspecified atom stereocenters. The van der Waals surface area contributed by atoms with Crippen LogP contribution in [0.1, 0.15) is 58.6 Å². The van der Waals surface area contributed by atoms with E-state index in [0.717, 1.165) is 31.6 Å². The Labute approximate surface area is 123 Å². The molecule has 112 valence electrons. The smallest absolute Gasteiger partial charge is 0.123 e. The predicted octanol–water partition coefficient (Wildman–Crippen LogP) is 4.07. The Morgan fingerprint density at radius 2 is 1.90 bits per heavy atom. The molecule has 0 spiro atoms. The van der Waals surface area contributed by atoms with Gasteiger partial charge in [-0.25, -0.2) is 0 Å². The molecule has 0 saturated heterocycles. The normalized spacial score (nSPS) is 22.4. The predicted molar refractivity (Wildman–Crippen MR) is 85.6 cm³/mol. The van der Waals surface area contributed by atoms with Gasteiger partial charge in [0, 0.05) is 6.04 Å². The van der Waals surface area contributed by atoms with Crippen molar-refractivity contribution in [2.45, 2.75) is 71.4 Å². The summed E-state index contributed by atoms with van der Waals surface area (Å²) in [6, 6.07) is 7.33. The lowest BCUT2D eigenvalue weighted by atomic mass is 9.84. The van der Waals surface area contributed by atoms with Gasteiger partial charge in [0.15, 0.2) is 0 Å². The molecule has 0 heterocycles. The summed E-state index contributed by atoms with van der Waals surface area (Å²) in [5.41, 5.74) is 2.86. The van der Waals surface area contributed by atoms with Crippen LogP contribution in [0, 0.1) is 0 Å². The van der Waals surface area contributed by atoms with Gasteiger partial charge in [0.25, 0.3) is 0 Å². The van der Waals surface area contributed by atoms with E-state index in [2.05, 4.69) is 58.1 Å². The van der Waals surface area contributed by atoms with Crippen LogP contribution >= 0.6 is 0 Å². The van der Waals surface area contributed by atoms with E-state index in [1.807, 2.05) is 0 Å². The zero-order valence-corrected chi connectivity index (χ0v) is 13.6. The van der Waals surface area contributed by atoms with E-state index in [1.165, 1.54) is 11.1 Å².